The molecular formula is C10H19N3. The normalized spacial score (nSPS) is 21.2. The Labute approximate surface area is 80.1 Å². The predicted octanol–water partition coefficient (Wildman–Crippen LogP) is 2.28. The molecule has 1 fully saturated rings. The van der Waals surface area contributed by atoms with Crippen LogP contribution >= 0.6 is 0 Å². The molecule has 2 rings (SSSR count). The second-order valence-electron chi connectivity index (χ2n) is 3.28. The predicted molar refractivity (Wildman–Crippen MR) is 55.9 cm³/mol. The maximum absolute atomic E-state index is 3.93. The number of hydrogen-bond donors (Lipinski definition) is 1. The number of H-pyrrole nitrogens is 1. The molecule has 1 unspecified atom stereocenters. The highest BCUT2D eigenvalue weighted by atomic mass is 15.3. The zero-order valence-corrected chi connectivity index (χ0v) is 8.75. The molecule has 0 saturated carbocycles. The van der Waals surface area contributed by atoms with Crippen LogP contribution in [-0.4, -0.2) is 23.3 Å². The Morgan fingerprint density at radius 3 is 2.77 bits per heavy atom. The summed E-state index contributed by atoms with van der Waals surface area (Å²) in [5.41, 5.74) is 0. The monoisotopic (exact) mass is 181 g/mol. The molecule has 0 bridgehead atoms. The van der Waals surface area contributed by atoms with E-state index in [1.165, 1.54) is 19.5 Å². The second-order valence-corrected chi connectivity index (χ2v) is 3.28. The van der Waals surface area contributed by atoms with Crippen LogP contribution in [0.15, 0.2) is 12.3 Å². The lowest BCUT2D eigenvalue weighted by atomic mass is 10.2. The Balaban J connectivity index is 0.000000396. The SMILES string of the molecule is CC.CC1CCN(c2ccn[nH]2)C1. The molecule has 1 aliphatic heterocycles. The van der Waals surface area contributed by atoms with Gasteiger partial charge in [0.2, 0.25) is 0 Å². The first kappa shape index (κ1) is 10.1. The lowest BCUT2D eigenvalue weighted by Crippen LogP contribution is -2.19. The van der Waals surface area contributed by atoms with E-state index in [9.17, 15) is 0 Å². The molecule has 74 valence electrons. The van der Waals surface area contributed by atoms with E-state index in [4.69, 9.17) is 0 Å². The summed E-state index contributed by atoms with van der Waals surface area (Å²) in [4.78, 5) is 2.34. The third kappa shape index (κ3) is 2.47. The van der Waals surface area contributed by atoms with E-state index in [-0.39, 0.29) is 0 Å². The summed E-state index contributed by atoms with van der Waals surface area (Å²) in [7, 11) is 0. The smallest absolute Gasteiger partial charge is 0.123 e. The molecule has 13 heavy (non-hydrogen) atoms. The van der Waals surface area contributed by atoms with Crippen LogP contribution < -0.4 is 4.90 Å². The van der Waals surface area contributed by atoms with Gasteiger partial charge in [-0.3, -0.25) is 5.10 Å². The summed E-state index contributed by atoms with van der Waals surface area (Å²) in [6.45, 7) is 8.63. The van der Waals surface area contributed by atoms with Crippen LogP contribution in [0.1, 0.15) is 27.2 Å². The number of rotatable bonds is 1. The zero-order valence-electron chi connectivity index (χ0n) is 8.75. The molecule has 2 heterocycles. The van der Waals surface area contributed by atoms with E-state index < -0.39 is 0 Å². The summed E-state index contributed by atoms with van der Waals surface area (Å²) in [6, 6.07) is 2.03. The van der Waals surface area contributed by atoms with Gasteiger partial charge >= 0.3 is 0 Å². The molecule has 1 saturated heterocycles. The molecular weight excluding hydrogens is 162 g/mol. The average Bonchev–Trinajstić information content (AvgIpc) is 2.77. The molecule has 0 aliphatic carbocycles. The topological polar surface area (TPSA) is 31.9 Å². The number of hydrogen-bond acceptors (Lipinski definition) is 2. The summed E-state index contributed by atoms with van der Waals surface area (Å²) in [6.07, 6.45) is 3.11. The van der Waals surface area contributed by atoms with Crippen molar-refractivity contribution in [1.82, 2.24) is 10.2 Å². The number of nitrogens with one attached hydrogen (secondary N) is 1. The Morgan fingerprint density at radius 1 is 1.54 bits per heavy atom. The van der Waals surface area contributed by atoms with E-state index >= 15 is 0 Å². The summed E-state index contributed by atoms with van der Waals surface area (Å²) < 4.78 is 0. The van der Waals surface area contributed by atoms with Gasteiger partial charge in [-0.25, -0.2) is 0 Å². The van der Waals surface area contributed by atoms with Crippen LogP contribution in [0, 0.1) is 5.92 Å². The van der Waals surface area contributed by atoms with Gasteiger partial charge in [-0.15, -0.1) is 0 Å². The molecule has 0 amide bonds. The highest BCUT2D eigenvalue weighted by Crippen LogP contribution is 2.20. The minimum atomic E-state index is 0.832. The van der Waals surface area contributed by atoms with Gasteiger partial charge in [0.25, 0.3) is 0 Å². The molecule has 1 aliphatic rings. The van der Waals surface area contributed by atoms with Crippen LogP contribution in [0.5, 0.6) is 0 Å². The number of aromatic amines is 1. The summed E-state index contributed by atoms with van der Waals surface area (Å²) in [5.74, 6) is 1.99. The van der Waals surface area contributed by atoms with Gasteiger partial charge in [-0.1, -0.05) is 20.8 Å². The Bertz CT molecular complexity index is 218. The third-order valence-corrected chi connectivity index (χ3v) is 2.25. The second kappa shape index (κ2) is 4.90. The first-order valence-corrected chi connectivity index (χ1v) is 5.10. The van der Waals surface area contributed by atoms with E-state index in [1.807, 2.05) is 19.9 Å². The van der Waals surface area contributed by atoms with Crippen molar-refractivity contribution in [3.63, 3.8) is 0 Å². The standard InChI is InChI=1S/C8H13N3.C2H6/c1-7-3-5-11(6-7)8-2-4-9-10-8;1-2/h2,4,7H,3,5-6H2,1H3,(H,9,10);1-2H3. The van der Waals surface area contributed by atoms with Crippen LogP contribution in [0.3, 0.4) is 0 Å². The van der Waals surface area contributed by atoms with Crippen molar-refractivity contribution in [3.8, 4) is 0 Å². The van der Waals surface area contributed by atoms with Crippen molar-refractivity contribution >= 4 is 5.82 Å². The molecule has 0 aromatic carbocycles. The molecule has 1 N–H and O–H groups in total. The molecule has 1 atom stereocenters. The maximum atomic E-state index is 3.93. The first-order valence-electron chi connectivity index (χ1n) is 5.10. The van der Waals surface area contributed by atoms with Crippen molar-refractivity contribution in [3.05, 3.63) is 12.3 Å². The fourth-order valence-electron chi connectivity index (χ4n) is 1.58. The molecule has 0 spiro atoms. The van der Waals surface area contributed by atoms with Gasteiger partial charge in [0.15, 0.2) is 0 Å². The van der Waals surface area contributed by atoms with Crippen LogP contribution in [-0.2, 0) is 0 Å². The van der Waals surface area contributed by atoms with Gasteiger partial charge in [-0.05, 0) is 12.3 Å². The maximum Gasteiger partial charge on any atom is 0.123 e. The lowest BCUT2D eigenvalue weighted by Gasteiger charge is -2.14. The Kier molecular flexibility index (Phi) is 3.80. The fraction of sp³-hybridized carbons (Fsp3) is 0.700. The van der Waals surface area contributed by atoms with E-state index in [0.717, 1.165) is 11.7 Å². The Morgan fingerprint density at radius 2 is 2.31 bits per heavy atom. The van der Waals surface area contributed by atoms with E-state index in [2.05, 4.69) is 22.0 Å². The number of anilines is 1. The molecule has 3 heteroatoms. The minimum absolute atomic E-state index is 0.832. The number of aromatic nitrogens is 2. The largest absolute Gasteiger partial charge is 0.357 e. The minimum Gasteiger partial charge on any atom is -0.357 e. The van der Waals surface area contributed by atoms with Crippen molar-refractivity contribution in [2.45, 2.75) is 27.2 Å². The molecule has 3 nitrogen and oxygen atoms in total. The van der Waals surface area contributed by atoms with Crippen molar-refractivity contribution in [1.29, 1.82) is 0 Å². The zero-order chi connectivity index (χ0) is 9.68. The van der Waals surface area contributed by atoms with E-state index in [0.29, 0.717) is 0 Å². The molecule has 1 aromatic rings. The lowest BCUT2D eigenvalue weighted by molar-refractivity contribution is 0.659. The fourth-order valence-corrected chi connectivity index (χ4v) is 1.58. The van der Waals surface area contributed by atoms with Crippen LogP contribution in [0.25, 0.3) is 0 Å². The van der Waals surface area contributed by atoms with Gasteiger partial charge in [0.1, 0.15) is 5.82 Å². The highest BCUT2D eigenvalue weighted by Gasteiger charge is 2.19. The molecule has 1 aromatic heterocycles. The highest BCUT2D eigenvalue weighted by molar-refractivity contribution is 5.37. The first-order chi connectivity index (χ1) is 6.36. The van der Waals surface area contributed by atoms with Gasteiger partial charge in [0, 0.05) is 19.2 Å². The van der Waals surface area contributed by atoms with Crippen molar-refractivity contribution in [2.24, 2.45) is 5.92 Å². The van der Waals surface area contributed by atoms with Crippen molar-refractivity contribution < 1.29 is 0 Å². The van der Waals surface area contributed by atoms with Gasteiger partial charge < -0.3 is 4.90 Å². The quantitative estimate of drug-likeness (QED) is 0.720. The summed E-state index contributed by atoms with van der Waals surface area (Å²) >= 11 is 0. The van der Waals surface area contributed by atoms with Gasteiger partial charge in [-0.2, -0.15) is 5.10 Å². The van der Waals surface area contributed by atoms with Crippen LogP contribution in [0.4, 0.5) is 5.82 Å². The Hall–Kier alpha value is -0.990. The van der Waals surface area contributed by atoms with Crippen molar-refractivity contribution in [2.75, 3.05) is 18.0 Å². The van der Waals surface area contributed by atoms with Gasteiger partial charge in [0.05, 0.1) is 6.20 Å². The van der Waals surface area contributed by atoms with E-state index in [1.54, 1.807) is 6.20 Å². The summed E-state index contributed by atoms with van der Waals surface area (Å²) in [5, 5.41) is 6.90. The third-order valence-electron chi connectivity index (χ3n) is 2.25. The number of nitrogens with zero attached hydrogens (tertiary/aromatic N) is 2. The molecule has 0 radical (unpaired) electrons. The van der Waals surface area contributed by atoms with Crippen LogP contribution in [0.2, 0.25) is 0 Å². The average molecular weight is 181 g/mol.